The van der Waals surface area contributed by atoms with Gasteiger partial charge in [-0.1, -0.05) is 35.5 Å². The van der Waals surface area contributed by atoms with Crippen LogP contribution in [0.15, 0.2) is 29.4 Å². The molecule has 0 radical (unpaired) electrons. The maximum Gasteiger partial charge on any atom is 0.233 e. The van der Waals surface area contributed by atoms with Crippen LogP contribution >= 0.6 is 23.4 Å². The lowest BCUT2D eigenvalue weighted by Gasteiger charge is -2.23. The molecule has 0 spiro atoms. The number of nitrogens with zero attached hydrogens (tertiary/aromatic N) is 4. The average Bonchev–Trinajstić information content (AvgIpc) is 3.15. The lowest BCUT2D eigenvalue weighted by molar-refractivity contribution is -0.128. The van der Waals surface area contributed by atoms with E-state index < -0.39 is 9.84 Å². The highest BCUT2D eigenvalue weighted by atomic mass is 35.5. The first-order valence-electron chi connectivity index (χ1n) is 7.83. The largest absolute Gasteiger partial charge is 0.341 e. The van der Waals surface area contributed by atoms with Gasteiger partial charge in [0.25, 0.3) is 0 Å². The summed E-state index contributed by atoms with van der Waals surface area (Å²) >= 11 is 7.30. The predicted molar refractivity (Wildman–Crippen MR) is 101 cm³/mol. The Kier molecular flexibility index (Phi) is 5.44. The zero-order chi connectivity index (χ0) is 18.9. The fourth-order valence-corrected chi connectivity index (χ4v) is 5.49. The van der Waals surface area contributed by atoms with Gasteiger partial charge in [0.15, 0.2) is 15.7 Å². The van der Waals surface area contributed by atoms with Crippen LogP contribution in [-0.2, 0) is 14.6 Å². The first-order chi connectivity index (χ1) is 12.3. The Morgan fingerprint density at radius 1 is 1.42 bits per heavy atom. The molecule has 0 bridgehead atoms. The second-order valence-electron chi connectivity index (χ2n) is 6.01. The van der Waals surface area contributed by atoms with Crippen LogP contribution in [0.5, 0.6) is 0 Å². The van der Waals surface area contributed by atoms with E-state index in [1.165, 1.54) is 9.58 Å². The van der Waals surface area contributed by atoms with Gasteiger partial charge in [0, 0.05) is 18.7 Å². The fraction of sp³-hybridized carbons (Fsp3) is 0.400. The Morgan fingerprint density at radius 2 is 2.15 bits per heavy atom. The quantitative estimate of drug-likeness (QED) is 0.573. The number of carbonyl (C=O) groups is 1. The zero-order valence-corrected chi connectivity index (χ0v) is 16.4. The maximum atomic E-state index is 12.3. The number of hydrogen-bond donors (Lipinski definition) is 1. The predicted octanol–water partition coefficient (Wildman–Crippen LogP) is 1.05. The number of nitrogen functional groups attached to an aromatic ring is 1. The molecule has 1 amide bonds. The van der Waals surface area contributed by atoms with Crippen molar-refractivity contribution in [1.82, 2.24) is 19.8 Å². The summed E-state index contributed by atoms with van der Waals surface area (Å²) in [5, 5.41) is 8.93. The van der Waals surface area contributed by atoms with E-state index in [0.717, 1.165) is 11.8 Å². The van der Waals surface area contributed by atoms with Gasteiger partial charge in [-0.25, -0.2) is 13.1 Å². The summed E-state index contributed by atoms with van der Waals surface area (Å²) in [4.78, 5) is 13.8. The third-order valence-corrected chi connectivity index (χ3v) is 7.26. The molecule has 0 saturated carbocycles. The van der Waals surface area contributed by atoms with Gasteiger partial charge in [-0.2, -0.15) is 0 Å². The van der Waals surface area contributed by atoms with Gasteiger partial charge in [-0.15, -0.1) is 10.2 Å². The number of nitrogens with two attached hydrogens (primary N) is 1. The van der Waals surface area contributed by atoms with Gasteiger partial charge < -0.3 is 10.7 Å². The molecule has 1 atom stereocenters. The van der Waals surface area contributed by atoms with Crippen LogP contribution in [0.4, 0.5) is 0 Å². The molecule has 140 valence electrons. The van der Waals surface area contributed by atoms with Gasteiger partial charge >= 0.3 is 0 Å². The highest BCUT2D eigenvalue weighted by Gasteiger charge is 2.32. The van der Waals surface area contributed by atoms with Gasteiger partial charge in [0.2, 0.25) is 11.1 Å². The Morgan fingerprint density at radius 3 is 2.81 bits per heavy atom. The van der Waals surface area contributed by atoms with Crippen LogP contribution in [0.25, 0.3) is 11.4 Å². The van der Waals surface area contributed by atoms with Crippen molar-refractivity contribution in [1.29, 1.82) is 0 Å². The molecule has 2 heterocycles. The molecule has 1 aromatic heterocycles. The van der Waals surface area contributed by atoms with Crippen molar-refractivity contribution < 1.29 is 13.2 Å². The standard InChI is InChI=1S/C15H18ClN5O3S2/c1-20(10-6-7-26(23,24)9-10)13(22)8-25-15-19-18-14(21(15)17)11-4-2-3-5-12(11)16/h2-5,10H,6-9,17H2,1H3. The Balaban J connectivity index is 1.65. The number of hydrogen-bond acceptors (Lipinski definition) is 7. The highest BCUT2D eigenvalue weighted by molar-refractivity contribution is 7.99. The van der Waals surface area contributed by atoms with E-state index in [4.69, 9.17) is 17.4 Å². The van der Waals surface area contributed by atoms with E-state index in [9.17, 15) is 13.2 Å². The number of halogens is 1. The third-order valence-electron chi connectivity index (χ3n) is 4.25. The molecule has 26 heavy (non-hydrogen) atoms. The minimum Gasteiger partial charge on any atom is -0.341 e. The smallest absolute Gasteiger partial charge is 0.233 e. The highest BCUT2D eigenvalue weighted by Crippen LogP contribution is 2.27. The summed E-state index contributed by atoms with van der Waals surface area (Å²) in [6, 6.07) is 6.85. The summed E-state index contributed by atoms with van der Waals surface area (Å²) < 4.78 is 24.4. The lowest BCUT2D eigenvalue weighted by atomic mass is 10.2. The number of amides is 1. The molecule has 0 aliphatic carbocycles. The van der Waals surface area contributed by atoms with E-state index in [-0.39, 0.29) is 29.2 Å². The van der Waals surface area contributed by atoms with Crippen molar-refractivity contribution in [3.8, 4) is 11.4 Å². The number of sulfone groups is 1. The maximum absolute atomic E-state index is 12.3. The van der Waals surface area contributed by atoms with Crippen LogP contribution in [-0.4, -0.2) is 64.4 Å². The average molecular weight is 416 g/mol. The topological polar surface area (TPSA) is 111 Å². The van der Waals surface area contributed by atoms with E-state index >= 15 is 0 Å². The molecule has 1 fully saturated rings. The van der Waals surface area contributed by atoms with Crippen LogP contribution in [0, 0.1) is 0 Å². The molecular weight excluding hydrogens is 398 g/mol. The van der Waals surface area contributed by atoms with Gasteiger partial charge in [-0.05, 0) is 18.6 Å². The van der Waals surface area contributed by atoms with E-state index in [0.29, 0.717) is 28.0 Å². The Labute approximate surface area is 160 Å². The van der Waals surface area contributed by atoms with Crippen molar-refractivity contribution in [2.24, 2.45) is 0 Å². The number of rotatable bonds is 5. The van der Waals surface area contributed by atoms with Gasteiger partial charge in [-0.3, -0.25) is 4.79 Å². The molecule has 2 aromatic rings. The summed E-state index contributed by atoms with van der Waals surface area (Å²) in [5.41, 5.74) is 0.649. The minimum atomic E-state index is -3.04. The fourth-order valence-electron chi connectivity index (χ4n) is 2.71. The SMILES string of the molecule is CN(C(=O)CSc1nnc(-c2ccccc2Cl)n1N)C1CCS(=O)(=O)C1. The van der Waals surface area contributed by atoms with Gasteiger partial charge in [0.1, 0.15) is 0 Å². The lowest BCUT2D eigenvalue weighted by Crippen LogP contribution is -2.38. The minimum absolute atomic E-state index is 0.0175. The van der Waals surface area contributed by atoms with E-state index in [1.807, 2.05) is 6.07 Å². The first kappa shape index (κ1) is 19.0. The molecule has 3 rings (SSSR count). The van der Waals surface area contributed by atoms with Crippen LogP contribution < -0.4 is 5.84 Å². The summed E-state index contributed by atoms with van der Waals surface area (Å²) in [5.74, 6) is 6.49. The van der Waals surface area contributed by atoms with Crippen LogP contribution in [0.2, 0.25) is 5.02 Å². The van der Waals surface area contributed by atoms with Crippen molar-refractivity contribution in [2.45, 2.75) is 17.6 Å². The van der Waals surface area contributed by atoms with Crippen molar-refractivity contribution in [2.75, 3.05) is 30.1 Å². The number of thioether (sulfide) groups is 1. The van der Waals surface area contributed by atoms with Crippen LogP contribution in [0.1, 0.15) is 6.42 Å². The molecule has 1 aliphatic rings. The summed E-state index contributed by atoms with van der Waals surface area (Å²) in [7, 11) is -1.42. The van der Waals surface area contributed by atoms with E-state index in [2.05, 4.69) is 10.2 Å². The normalized spacial score (nSPS) is 18.8. The number of carbonyl (C=O) groups excluding carboxylic acids is 1. The first-order valence-corrected chi connectivity index (χ1v) is 11.0. The number of aromatic nitrogens is 3. The Hall–Kier alpha value is -1.78. The molecule has 1 aliphatic heterocycles. The second kappa shape index (κ2) is 7.45. The monoisotopic (exact) mass is 415 g/mol. The number of benzene rings is 1. The summed E-state index contributed by atoms with van der Waals surface area (Å²) in [6.07, 6.45) is 0.471. The van der Waals surface area contributed by atoms with Crippen molar-refractivity contribution in [3.63, 3.8) is 0 Å². The second-order valence-corrected chi connectivity index (χ2v) is 9.58. The molecule has 1 aromatic carbocycles. The van der Waals surface area contributed by atoms with E-state index in [1.54, 1.807) is 25.2 Å². The molecular formula is C15H18ClN5O3S2. The van der Waals surface area contributed by atoms with Crippen molar-refractivity contribution in [3.05, 3.63) is 29.3 Å². The Bertz CT molecular complexity index is 931. The molecule has 11 heteroatoms. The third kappa shape index (κ3) is 3.97. The van der Waals surface area contributed by atoms with Crippen molar-refractivity contribution >= 4 is 39.1 Å². The summed E-state index contributed by atoms with van der Waals surface area (Å²) in [6.45, 7) is 0. The molecule has 2 N–H and O–H groups in total. The zero-order valence-electron chi connectivity index (χ0n) is 14.0. The molecule has 8 nitrogen and oxygen atoms in total. The van der Waals surface area contributed by atoms with Crippen LogP contribution in [0.3, 0.4) is 0 Å². The van der Waals surface area contributed by atoms with Gasteiger partial charge in [0.05, 0.1) is 22.3 Å². The molecule has 1 saturated heterocycles. The molecule has 1 unspecified atom stereocenters.